The van der Waals surface area contributed by atoms with Crippen molar-refractivity contribution >= 4 is 11.6 Å². The minimum Gasteiger partial charge on any atom is -0.454 e. The third-order valence-electron chi connectivity index (χ3n) is 3.69. The first-order valence-corrected chi connectivity index (χ1v) is 6.74. The van der Waals surface area contributed by atoms with Crippen LogP contribution < -0.4 is 20.1 Å². The summed E-state index contributed by atoms with van der Waals surface area (Å²) >= 11 is 0. The van der Waals surface area contributed by atoms with Crippen LogP contribution in [-0.2, 0) is 17.8 Å². The van der Waals surface area contributed by atoms with Gasteiger partial charge in [-0.15, -0.1) is 0 Å². The lowest BCUT2D eigenvalue weighted by Gasteiger charge is -2.22. The van der Waals surface area contributed by atoms with E-state index in [4.69, 9.17) is 9.47 Å². The third-order valence-corrected chi connectivity index (χ3v) is 3.69. The van der Waals surface area contributed by atoms with Gasteiger partial charge in [0, 0.05) is 24.7 Å². The Labute approximate surface area is 120 Å². The zero-order chi connectivity index (χ0) is 14.2. The van der Waals surface area contributed by atoms with Gasteiger partial charge in [0.2, 0.25) is 12.7 Å². The molecule has 1 unspecified atom stereocenters. The average Bonchev–Trinajstić information content (AvgIpc) is 3.14. The average molecular weight is 286 g/mol. The number of aromatic nitrogens is 2. The van der Waals surface area contributed by atoms with Gasteiger partial charge in [-0.1, -0.05) is 0 Å². The highest BCUT2D eigenvalue weighted by atomic mass is 16.7. The Morgan fingerprint density at radius 1 is 1.33 bits per heavy atom. The molecule has 0 aliphatic carbocycles. The van der Waals surface area contributed by atoms with E-state index >= 15 is 0 Å². The predicted octanol–water partition coefficient (Wildman–Crippen LogP) is 0.791. The Balaban J connectivity index is 1.47. The number of carbonyl (C=O) groups is 1. The van der Waals surface area contributed by atoms with Gasteiger partial charge < -0.3 is 19.8 Å². The smallest absolute Gasteiger partial charge is 0.241 e. The van der Waals surface area contributed by atoms with Gasteiger partial charge in [0.15, 0.2) is 11.5 Å². The summed E-state index contributed by atoms with van der Waals surface area (Å²) in [5.74, 6) is 1.27. The van der Waals surface area contributed by atoms with Gasteiger partial charge in [0.1, 0.15) is 0 Å². The molecule has 0 saturated heterocycles. The number of hydrogen-bond donors (Lipinski definition) is 3. The van der Waals surface area contributed by atoms with Crippen LogP contribution in [0.2, 0.25) is 0 Å². The Bertz CT molecular complexity index is 697. The normalized spacial score (nSPS) is 19.1. The third kappa shape index (κ3) is 2.21. The van der Waals surface area contributed by atoms with Gasteiger partial charge in [-0.3, -0.25) is 10.1 Å². The second-order valence-corrected chi connectivity index (χ2v) is 5.02. The molecular formula is C14H14N4O3. The molecule has 1 aromatic heterocycles. The van der Waals surface area contributed by atoms with Gasteiger partial charge in [-0.05, 0) is 12.1 Å². The Hall–Kier alpha value is -2.54. The van der Waals surface area contributed by atoms with Gasteiger partial charge in [0.25, 0.3) is 0 Å². The summed E-state index contributed by atoms with van der Waals surface area (Å²) in [6, 6.07) is 5.07. The van der Waals surface area contributed by atoms with Crippen molar-refractivity contribution in [2.24, 2.45) is 0 Å². The molecule has 7 nitrogen and oxygen atoms in total. The number of nitrogens with zero attached hydrogens (tertiary/aromatic N) is 1. The summed E-state index contributed by atoms with van der Waals surface area (Å²) in [6.45, 7) is 0.841. The molecule has 2 aromatic rings. The first kappa shape index (κ1) is 12.2. The molecule has 1 amide bonds. The monoisotopic (exact) mass is 286 g/mol. The molecule has 2 aliphatic rings. The Morgan fingerprint density at radius 2 is 2.24 bits per heavy atom. The van der Waals surface area contributed by atoms with Crippen LogP contribution in [0.3, 0.4) is 0 Å². The standard InChI is InChI=1S/C14H14N4O3/c19-14(10-4-9-11(5-15-10)17-6-16-9)18-8-1-2-12-13(3-8)21-7-20-12/h1-3,6,10,15H,4-5,7H2,(H,16,17)(H,18,19). The highest BCUT2D eigenvalue weighted by Crippen LogP contribution is 2.34. The van der Waals surface area contributed by atoms with E-state index in [0.717, 1.165) is 11.4 Å². The van der Waals surface area contributed by atoms with Crippen LogP contribution in [0.1, 0.15) is 11.4 Å². The summed E-state index contributed by atoms with van der Waals surface area (Å²) in [4.78, 5) is 19.6. The molecule has 4 rings (SSSR count). The minimum absolute atomic E-state index is 0.0810. The van der Waals surface area contributed by atoms with Crippen LogP contribution in [0.5, 0.6) is 11.5 Å². The second kappa shape index (κ2) is 4.78. The van der Waals surface area contributed by atoms with Crippen molar-refractivity contribution < 1.29 is 14.3 Å². The summed E-state index contributed by atoms with van der Waals surface area (Å²) in [5.41, 5.74) is 2.68. The van der Waals surface area contributed by atoms with Crippen molar-refractivity contribution in [3.05, 3.63) is 35.9 Å². The molecule has 0 saturated carbocycles. The maximum absolute atomic E-state index is 12.3. The lowest BCUT2D eigenvalue weighted by molar-refractivity contribution is -0.118. The molecule has 2 aliphatic heterocycles. The number of benzene rings is 1. The summed E-state index contributed by atoms with van der Waals surface area (Å²) in [7, 11) is 0. The predicted molar refractivity (Wildman–Crippen MR) is 74.1 cm³/mol. The van der Waals surface area contributed by atoms with Gasteiger partial charge in [-0.25, -0.2) is 4.98 Å². The molecule has 3 N–H and O–H groups in total. The maximum atomic E-state index is 12.3. The van der Waals surface area contributed by atoms with E-state index in [2.05, 4.69) is 20.6 Å². The number of imidazole rings is 1. The number of hydrogen-bond acceptors (Lipinski definition) is 5. The number of carbonyl (C=O) groups excluding carboxylic acids is 1. The fourth-order valence-corrected chi connectivity index (χ4v) is 2.56. The molecule has 0 fully saturated rings. The molecule has 1 aromatic carbocycles. The number of aromatic amines is 1. The van der Waals surface area contributed by atoms with Crippen molar-refractivity contribution in [1.29, 1.82) is 0 Å². The molecule has 1 atom stereocenters. The second-order valence-electron chi connectivity index (χ2n) is 5.02. The van der Waals surface area contributed by atoms with Crippen molar-refractivity contribution in [2.45, 2.75) is 19.0 Å². The summed E-state index contributed by atoms with van der Waals surface area (Å²) < 4.78 is 10.5. The molecule has 108 valence electrons. The van der Waals surface area contributed by atoms with E-state index in [-0.39, 0.29) is 18.7 Å². The topological polar surface area (TPSA) is 88.3 Å². The number of nitrogens with one attached hydrogen (secondary N) is 3. The van der Waals surface area contributed by atoms with Crippen molar-refractivity contribution in [1.82, 2.24) is 15.3 Å². The highest BCUT2D eigenvalue weighted by Gasteiger charge is 2.26. The van der Waals surface area contributed by atoms with Crippen molar-refractivity contribution in [3.8, 4) is 11.5 Å². The lowest BCUT2D eigenvalue weighted by atomic mass is 10.0. The van der Waals surface area contributed by atoms with E-state index < -0.39 is 0 Å². The van der Waals surface area contributed by atoms with Crippen LogP contribution in [0, 0.1) is 0 Å². The first-order chi connectivity index (χ1) is 10.3. The summed E-state index contributed by atoms with van der Waals surface area (Å²) in [6.07, 6.45) is 2.24. The largest absolute Gasteiger partial charge is 0.454 e. The maximum Gasteiger partial charge on any atom is 0.241 e. The van der Waals surface area contributed by atoms with E-state index in [1.54, 1.807) is 24.5 Å². The number of H-pyrrole nitrogens is 1. The minimum atomic E-state index is -0.286. The zero-order valence-electron chi connectivity index (χ0n) is 11.2. The molecule has 0 radical (unpaired) electrons. The van der Waals surface area contributed by atoms with Crippen LogP contribution in [0.25, 0.3) is 0 Å². The SMILES string of the molecule is O=C(Nc1ccc2c(c1)OCO2)C1Cc2nc[nH]c2CN1. The number of rotatable bonds is 2. The molecule has 7 heteroatoms. The van der Waals surface area contributed by atoms with Crippen LogP contribution in [0.4, 0.5) is 5.69 Å². The Kier molecular flexibility index (Phi) is 2.78. The molecule has 0 spiro atoms. The lowest BCUT2D eigenvalue weighted by Crippen LogP contribution is -2.44. The highest BCUT2D eigenvalue weighted by molar-refractivity contribution is 5.95. The fourth-order valence-electron chi connectivity index (χ4n) is 2.56. The Morgan fingerprint density at radius 3 is 3.19 bits per heavy atom. The summed E-state index contributed by atoms with van der Waals surface area (Å²) in [5, 5.41) is 6.08. The molecule has 0 bridgehead atoms. The van der Waals surface area contributed by atoms with Crippen LogP contribution in [-0.4, -0.2) is 28.7 Å². The molecule has 21 heavy (non-hydrogen) atoms. The quantitative estimate of drug-likeness (QED) is 0.759. The van der Waals surface area contributed by atoms with Gasteiger partial charge in [0.05, 0.1) is 23.8 Å². The number of ether oxygens (including phenoxy) is 2. The van der Waals surface area contributed by atoms with Crippen molar-refractivity contribution in [3.63, 3.8) is 0 Å². The number of fused-ring (bicyclic) bond motifs is 2. The first-order valence-electron chi connectivity index (χ1n) is 6.74. The zero-order valence-corrected chi connectivity index (χ0v) is 11.2. The fraction of sp³-hybridized carbons (Fsp3) is 0.286. The van der Waals surface area contributed by atoms with E-state index in [1.807, 2.05) is 0 Å². The van der Waals surface area contributed by atoms with Crippen molar-refractivity contribution in [2.75, 3.05) is 12.1 Å². The van der Waals surface area contributed by atoms with Gasteiger partial charge >= 0.3 is 0 Å². The molecular weight excluding hydrogens is 272 g/mol. The van der Waals surface area contributed by atoms with E-state index in [9.17, 15) is 4.79 Å². The number of amides is 1. The van der Waals surface area contributed by atoms with Gasteiger partial charge in [-0.2, -0.15) is 0 Å². The number of anilines is 1. The van der Waals surface area contributed by atoms with E-state index in [0.29, 0.717) is 30.2 Å². The molecule has 3 heterocycles. The van der Waals surface area contributed by atoms with Crippen LogP contribution >= 0.6 is 0 Å². The van der Waals surface area contributed by atoms with E-state index in [1.165, 1.54) is 0 Å². The van der Waals surface area contributed by atoms with Crippen LogP contribution in [0.15, 0.2) is 24.5 Å².